The van der Waals surface area contributed by atoms with Crippen LogP contribution in [0.25, 0.3) is 0 Å². The van der Waals surface area contributed by atoms with Gasteiger partial charge in [-0.05, 0) is 37.0 Å². The Morgan fingerprint density at radius 3 is 2.27 bits per heavy atom. The number of aliphatic hydroxyl groups is 1. The Morgan fingerprint density at radius 2 is 1.80 bits per heavy atom. The van der Waals surface area contributed by atoms with Crippen LogP contribution in [0.5, 0.6) is 0 Å². The molecule has 0 unspecified atom stereocenters. The molecule has 83 valence electrons. The number of aryl methyl sites for hydroxylation is 1. The molecule has 0 bridgehead atoms. The van der Waals surface area contributed by atoms with Gasteiger partial charge in [0.2, 0.25) is 0 Å². The predicted octanol–water partition coefficient (Wildman–Crippen LogP) is 2.97. The molecule has 0 aromatic heterocycles. The molecule has 0 spiro atoms. The van der Waals surface area contributed by atoms with Crippen molar-refractivity contribution in [3.8, 4) is 0 Å². The second kappa shape index (κ2) is 12.1. The summed E-state index contributed by atoms with van der Waals surface area (Å²) in [6.07, 6.45) is 5.86. The van der Waals surface area contributed by atoms with Crippen molar-refractivity contribution < 1.29 is 5.11 Å². The topological polar surface area (TPSA) is 20.2 Å². The summed E-state index contributed by atoms with van der Waals surface area (Å²) in [7, 11) is 0. The van der Waals surface area contributed by atoms with Gasteiger partial charge in [0, 0.05) is 19.5 Å². The summed E-state index contributed by atoms with van der Waals surface area (Å²) in [5.74, 6) is 0. The molecule has 0 aliphatic heterocycles. The van der Waals surface area contributed by atoms with Crippen molar-refractivity contribution in [3.63, 3.8) is 0 Å². The van der Waals surface area contributed by atoms with E-state index in [0.717, 1.165) is 17.3 Å². The lowest BCUT2D eigenvalue weighted by molar-refractivity contribution is 0.288. The van der Waals surface area contributed by atoms with Crippen LogP contribution in [0.2, 0.25) is 0 Å². The first-order valence-electron chi connectivity index (χ1n) is 4.50. The van der Waals surface area contributed by atoms with E-state index >= 15 is 0 Å². The molecule has 0 fully saturated rings. The van der Waals surface area contributed by atoms with Gasteiger partial charge in [0.15, 0.2) is 0 Å². The maximum absolute atomic E-state index is 8.60. The van der Waals surface area contributed by atoms with Crippen LogP contribution in [0.3, 0.4) is 0 Å². The Morgan fingerprint density at radius 1 is 1.27 bits per heavy atom. The summed E-state index contributed by atoms with van der Waals surface area (Å²) in [5, 5.41) is 8.60. The average Bonchev–Trinajstić information content (AvgIpc) is 2.18. The lowest BCUT2D eigenvalue weighted by atomic mass is 10.1. The molecule has 3 radical (unpaired) electrons. The van der Waals surface area contributed by atoms with Crippen molar-refractivity contribution in [2.45, 2.75) is 12.8 Å². The molecule has 1 rings (SSSR count). The van der Waals surface area contributed by atoms with E-state index in [-0.39, 0.29) is 15.0 Å². The summed E-state index contributed by atoms with van der Waals surface area (Å²) in [4.78, 5) is 0. The Kier molecular flexibility index (Phi) is 14.1. The highest BCUT2D eigenvalue weighted by Gasteiger charge is 1.95. The first-order valence-corrected chi connectivity index (χ1v) is 6.93. The zero-order valence-corrected chi connectivity index (χ0v) is 11.6. The van der Waals surface area contributed by atoms with E-state index in [0.29, 0.717) is 0 Å². The van der Waals surface area contributed by atoms with Crippen molar-refractivity contribution in [1.82, 2.24) is 0 Å². The number of rotatable bonds is 3. The Bertz CT molecular complexity index is 246. The third-order valence-electron chi connectivity index (χ3n) is 1.56. The van der Waals surface area contributed by atoms with Gasteiger partial charge in [0.05, 0.1) is 0 Å². The normalized spacial score (nSPS) is 8.53. The quantitative estimate of drug-likeness (QED) is 0.863. The van der Waals surface area contributed by atoms with Gasteiger partial charge < -0.3 is 5.11 Å². The number of thioether (sulfide) groups is 1. The minimum Gasteiger partial charge on any atom is -0.396 e. The van der Waals surface area contributed by atoms with Gasteiger partial charge >= 0.3 is 0 Å². The summed E-state index contributed by atoms with van der Waals surface area (Å²) in [5.41, 5.74) is 1.27. The zero-order valence-electron chi connectivity index (χ0n) is 9.24. The van der Waals surface area contributed by atoms with Crippen LogP contribution in [0.1, 0.15) is 12.0 Å². The van der Waals surface area contributed by atoms with E-state index in [1.165, 1.54) is 5.56 Å². The van der Waals surface area contributed by atoms with Crippen LogP contribution in [-0.4, -0.2) is 32.6 Å². The van der Waals surface area contributed by atoms with E-state index < -0.39 is 0 Å². The molecule has 0 aliphatic rings. The third-order valence-corrected chi connectivity index (χ3v) is 2.34. The highest BCUT2D eigenvalue weighted by molar-refractivity contribution is 9.10. The largest absolute Gasteiger partial charge is 0.396 e. The van der Waals surface area contributed by atoms with Gasteiger partial charge in [-0.2, -0.15) is 11.8 Å². The van der Waals surface area contributed by atoms with Crippen LogP contribution >= 0.6 is 27.7 Å². The minimum atomic E-state index is 0. The van der Waals surface area contributed by atoms with Crippen LogP contribution in [-0.2, 0) is 6.42 Å². The lowest BCUT2D eigenvalue weighted by Crippen LogP contribution is -1.89. The minimum absolute atomic E-state index is 0. The molecule has 1 aromatic carbocycles. The number of halogens is 1. The molecule has 0 saturated heterocycles. The summed E-state index contributed by atoms with van der Waals surface area (Å²) < 4.78 is 1.13. The zero-order chi connectivity index (χ0) is 10.8. The SMILES string of the molecule is CSC.OCCCc1ccccc1Br.[B]. The summed E-state index contributed by atoms with van der Waals surface area (Å²) in [6, 6.07) is 8.09. The molecule has 1 N–H and O–H groups in total. The highest BCUT2D eigenvalue weighted by Crippen LogP contribution is 2.16. The maximum atomic E-state index is 8.60. The van der Waals surface area contributed by atoms with Crippen molar-refractivity contribution in [2.24, 2.45) is 0 Å². The Hall–Kier alpha value is 0.0749. The van der Waals surface area contributed by atoms with Crippen LogP contribution in [0.4, 0.5) is 0 Å². The van der Waals surface area contributed by atoms with Crippen molar-refractivity contribution in [1.29, 1.82) is 0 Å². The fraction of sp³-hybridized carbons (Fsp3) is 0.455. The molecule has 0 amide bonds. The first kappa shape index (κ1) is 17.5. The van der Waals surface area contributed by atoms with Gasteiger partial charge in [-0.25, -0.2) is 0 Å². The van der Waals surface area contributed by atoms with Gasteiger partial charge in [-0.3, -0.25) is 0 Å². The second-order valence-corrected chi connectivity index (χ2v) is 4.50. The molecule has 0 heterocycles. The van der Waals surface area contributed by atoms with E-state index in [2.05, 4.69) is 22.0 Å². The van der Waals surface area contributed by atoms with Crippen molar-refractivity contribution in [3.05, 3.63) is 34.3 Å². The molecule has 1 nitrogen and oxygen atoms in total. The van der Waals surface area contributed by atoms with Crippen molar-refractivity contribution >= 4 is 36.1 Å². The smallest absolute Gasteiger partial charge is 0.0434 e. The van der Waals surface area contributed by atoms with Crippen molar-refractivity contribution in [2.75, 3.05) is 19.1 Å². The Balaban J connectivity index is 0. The molecular formula is C11H17BBrOS. The molecule has 0 atom stereocenters. The molecule has 15 heavy (non-hydrogen) atoms. The van der Waals surface area contributed by atoms with Gasteiger partial charge in [-0.1, -0.05) is 34.1 Å². The molecule has 4 heteroatoms. The number of hydrogen-bond acceptors (Lipinski definition) is 2. The van der Waals surface area contributed by atoms with Crippen LogP contribution in [0.15, 0.2) is 28.7 Å². The summed E-state index contributed by atoms with van der Waals surface area (Å²) >= 11 is 5.19. The Labute approximate surface area is 107 Å². The standard InChI is InChI=1S/C9H11BrO.C2H6S.B/c10-9-6-2-1-4-8(9)5-3-7-11;1-3-2;/h1-2,4,6,11H,3,5,7H2;1-2H3;. The van der Waals surface area contributed by atoms with Crippen LogP contribution < -0.4 is 0 Å². The maximum Gasteiger partial charge on any atom is 0.0434 e. The second-order valence-electron chi connectivity index (χ2n) is 2.83. The first-order chi connectivity index (χ1) is 6.76. The number of aliphatic hydroxyl groups excluding tert-OH is 1. The van der Waals surface area contributed by atoms with Gasteiger partial charge in [0.25, 0.3) is 0 Å². The van der Waals surface area contributed by atoms with Crippen LogP contribution in [0, 0.1) is 0 Å². The van der Waals surface area contributed by atoms with Gasteiger partial charge in [0.1, 0.15) is 0 Å². The molecule has 0 saturated carbocycles. The molecule has 1 aromatic rings. The monoisotopic (exact) mass is 287 g/mol. The third kappa shape index (κ3) is 9.03. The van der Waals surface area contributed by atoms with E-state index in [9.17, 15) is 0 Å². The summed E-state index contributed by atoms with van der Waals surface area (Å²) in [6.45, 7) is 0.265. The fourth-order valence-electron chi connectivity index (χ4n) is 0.971. The number of hydrogen-bond donors (Lipinski definition) is 1. The van der Waals surface area contributed by atoms with E-state index in [1.54, 1.807) is 11.8 Å². The van der Waals surface area contributed by atoms with E-state index in [1.807, 2.05) is 30.7 Å². The van der Waals surface area contributed by atoms with E-state index in [4.69, 9.17) is 5.11 Å². The molecular weight excluding hydrogens is 271 g/mol. The predicted molar refractivity (Wildman–Crippen MR) is 74.7 cm³/mol. The highest BCUT2D eigenvalue weighted by atomic mass is 79.9. The van der Waals surface area contributed by atoms with Gasteiger partial charge in [-0.15, -0.1) is 0 Å². The molecule has 0 aliphatic carbocycles. The number of benzene rings is 1. The average molecular weight is 288 g/mol. The fourth-order valence-corrected chi connectivity index (χ4v) is 1.45. The lowest BCUT2D eigenvalue weighted by Gasteiger charge is -2.00.